The lowest BCUT2D eigenvalue weighted by atomic mass is 10.1. The molecule has 3 rings (SSSR count). The number of carboxylic acid groups (broad SMARTS) is 1. The summed E-state index contributed by atoms with van der Waals surface area (Å²) in [5.41, 5.74) is -0.430. The van der Waals surface area contributed by atoms with Gasteiger partial charge >= 0.3 is 5.97 Å². The van der Waals surface area contributed by atoms with E-state index in [2.05, 4.69) is 21.2 Å². The zero-order chi connectivity index (χ0) is 15.9. The fourth-order valence-electron chi connectivity index (χ4n) is 2.67. The molecular formula is C15H15BrN2O4. The summed E-state index contributed by atoms with van der Waals surface area (Å²) in [6.45, 7) is 0.444. The van der Waals surface area contributed by atoms with Gasteiger partial charge in [0.15, 0.2) is 0 Å². The Morgan fingerprint density at radius 2 is 2.00 bits per heavy atom. The van der Waals surface area contributed by atoms with Crippen LogP contribution < -0.4 is 10.2 Å². The van der Waals surface area contributed by atoms with E-state index < -0.39 is 23.3 Å². The maximum absolute atomic E-state index is 12.5. The Morgan fingerprint density at radius 3 is 2.59 bits per heavy atom. The first-order valence-electron chi connectivity index (χ1n) is 7.06. The molecule has 1 aliphatic carbocycles. The topological polar surface area (TPSA) is 86.7 Å². The van der Waals surface area contributed by atoms with Gasteiger partial charge in [0.1, 0.15) is 11.5 Å². The number of halogens is 1. The van der Waals surface area contributed by atoms with Gasteiger partial charge in [-0.05, 0) is 47.3 Å². The molecule has 0 aromatic heterocycles. The number of benzene rings is 1. The minimum absolute atomic E-state index is 0.286. The van der Waals surface area contributed by atoms with Gasteiger partial charge in [-0.15, -0.1) is 0 Å². The third-order valence-electron chi connectivity index (χ3n) is 4.19. The highest BCUT2D eigenvalue weighted by Gasteiger charge is 2.53. The van der Waals surface area contributed by atoms with Gasteiger partial charge in [-0.2, -0.15) is 0 Å². The monoisotopic (exact) mass is 366 g/mol. The van der Waals surface area contributed by atoms with Crippen molar-refractivity contribution in [1.29, 1.82) is 0 Å². The third-order valence-corrected chi connectivity index (χ3v) is 4.86. The molecule has 1 aromatic rings. The fourth-order valence-corrected chi connectivity index (χ4v) is 3.17. The predicted octanol–water partition coefficient (Wildman–Crippen LogP) is 1.54. The van der Waals surface area contributed by atoms with E-state index in [1.807, 2.05) is 24.3 Å². The van der Waals surface area contributed by atoms with Crippen LogP contribution in [0.25, 0.3) is 0 Å². The Bertz CT molecular complexity index is 657. The normalized spacial score (nSPS) is 22.5. The van der Waals surface area contributed by atoms with Crippen LogP contribution in [0.4, 0.5) is 5.69 Å². The van der Waals surface area contributed by atoms with Crippen molar-refractivity contribution in [2.75, 3.05) is 11.4 Å². The molecule has 0 radical (unpaired) electrons. The number of carbonyl (C=O) groups excluding carboxylic acids is 2. The van der Waals surface area contributed by atoms with Crippen LogP contribution in [0, 0.1) is 5.92 Å². The molecule has 2 N–H and O–H groups in total. The van der Waals surface area contributed by atoms with Crippen LogP contribution in [-0.2, 0) is 14.4 Å². The maximum Gasteiger partial charge on any atom is 0.329 e. The van der Waals surface area contributed by atoms with Crippen LogP contribution in [-0.4, -0.2) is 35.0 Å². The molecule has 1 aromatic carbocycles. The van der Waals surface area contributed by atoms with Crippen LogP contribution in [0.2, 0.25) is 0 Å². The smallest absolute Gasteiger partial charge is 0.329 e. The van der Waals surface area contributed by atoms with E-state index in [-0.39, 0.29) is 5.91 Å². The summed E-state index contributed by atoms with van der Waals surface area (Å²) in [6, 6.07) is 7.31. The fraction of sp³-hybridized carbons (Fsp3) is 0.400. The van der Waals surface area contributed by atoms with E-state index >= 15 is 0 Å². The molecule has 0 spiro atoms. The van der Waals surface area contributed by atoms with Gasteiger partial charge in [0.05, 0.1) is 5.69 Å². The van der Waals surface area contributed by atoms with Crippen LogP contribution in [0.15, 0.2) is 28.7 Å². The molecule has 1 saturated carbocycles. The molecule has 1 aliphatic heterocycles. The van der Waals surface area contributed by atoms with Gasteiger partial charge in [-0.25, -0.2) is 4.79 Å². The SMILES string of the molecule is O=C(NC1(C(=O)O)CC1)[C@@H]1CCN(c2ccccc2Br)C1=O. The molecule has 2 amide bonds. The second-order valence-corrected chi connectivity index (χ2v) is 6.51. The molecule has 2 aliphatic rings. The first-order chi connectivity index (χ1) is 10.4. The van der Waals surface area contributed by atoms with Gasteiger partial charge in [0.25, 0.3) is 0 Å². The Kier molecular flexibility index (Phi) is 3.68. The van der Waals surface area contributed by atoms with E-state index in [4.69, 9.17) is 5.11 Å². The van der Waals surface area contributed by atoms with Gasteiger partial charge in [-0.1, -0.05) is 12.1 Å². The molecule has 2 fully saturated rings. The van der Waals surface area contributed by atoms with E-state index in [1.54, 1.807) is 4.90 Å². The largest absolute Gasteiger partial charge is 0.480 e. The lowest BCUT2D eigenvalue weighted by molar-refractivity contribution is -0.144. The minimum Gasteiger partial charge on any atom is -0.480 e. The Morgan fingerprint density at radius 1 is 1.32 bits per heavy atom. The zero-order valence-electron chi connectivity index (χ0n) is 11.7. The number of amides is 2. The molecule has 1 heterocycles. The summed E-state index contributed by atoms with van der Waals surface area (Å²) >= 11 is 3.40. The number of hydrogen-bond donors (Lipinski definition) is 2. The minimum atomic E-state index is -1.15. The quantitative estimate of drug-likeness (QED) is 0.791. The van der Waals surface area contributed by atoms with Crippen molar-refractivity contribution in [3.05, 3.63) is 28.7 Å². The molecule has 0 unspecified atom stereocenters. The molecule has 1 saturated heterocycles. The highest BCUT2D eigenvalue weighted by molar-refractivity contribution is 9.10. The van der Waals surface area contributed by atoms with Gasteiger partial charge in [-0.3, -0.25) is 9.59 Å². The van der Waals surface area contributed by atoms with Crippen LogP contribution in [0.5, 0.6) is 0 Å². The summed E-state index contributed by atoms with van der Waals surface area (Å²) in [5, 5.41) is 11.6. The predicted molar refractivity (Wildman–Crippen MR) is 82.3 cm³/mol. The van der Waals surface area contributed by atoms with Crippen molar-refractivity contribution >= 4 is 39.4 Å². The first kappa shape index (κ1) is 15.0. The number of hydrogen-bond acceptors (Lipinski definition) is 3. The average Bonchev–Trinajstić information content (AvgIpc) is 3.16. The summed E-state index contributed by atoms with van der Waals surface area (Å²) < 4.78 is 0.786. The van der Waals surface area contributed by atoms with Crippen molar-refractivity contribution in [2.24, 2.45) is 5.92 Å². The second kappa shape index (κ2) is 5.39. The van der Waals surface area contributed by atoms with E-state index in [0.717, 1.165) is 10.2 Å². The number of anilines is 1. The summed E-state index contributed by atoms with van der Waals surface area (Å²) in [4.78, 5) is 37.4. The van der Waals surface area contributed by atoms with E-state index in [1.165, 1.54) is 0 Å². The van der Waals surface area contributed by atoms with Crippen molar-refractivity contribution < 1.29 is 19.5 Å². The summed E-state index contributed by atoms with van der Waals surface area (Å²) in [7, 11) is 0. The van der Waals surface area contributed by atoms with E-state index in [0.29, 0.717) is 25.8 Å². The molecular weight excluding hydrogens is 352 g/mol. The molecule has 6 nitrogen and oxygen atoms in total. The Labute approximate surface area is 135 Å². The van der Waals surface area contributed by atoms with Crippen LogP contribution >= 0.6 is 15.9 Å². The Balaban J connectivity index is 1.73. The molecule has 116 valence electrons. The van der Waals surface area contributed by atoms with Gasteiger partial charge in [0.2, 0.25) is 11.8 Å². The first-order valence-corrected chi connectivity index (χ1v) is 7.85. The molecule has 0 bridgehead atoms. The van der Waals surface area contributed by atoms with Crippen LogP contribution in [0.1, 0.15) is 19.3 Å². The van der Waals surface area contributed by atoms with Crippen molar-refractivity contribution in [1.82, 2.24) is 5.32 Å². The second-order valence-electron chi connectivity index (χ2n) is 5.66. The third kappa shape index (κ3) is 2.49. The zero-order valence-corrected chi connectivity index (χ0v) is 13.3. The number of carbonyl (C=O) groups is 3. The van der Waals surface area contributed by atoms with Crippen LogP contribution in [0.3, 0.4) is 0 Å². The number of rotatable bonds is 4. The van der Waals surface area contributed by atoms with Gasteiger partial charge < -0.3 is 15.3 Å². The van der Waals surface area contributed by atoms with Gasteiger partial charge in [0, 0.05) is 11.0 Å². The number of para-hydroxylation sites is 1. The van der Waals surface area contributed by atoms with Crippen molar-refractivity contribution in [3.8, 4) is 0 Å². The van der Waals surface area contributed by atoms with Crippen molar-refractivity contribution in [2.45, 2.75) is 24.8 Å². The summed E-state index contributed by atoms with van der Waals surface area (Å²) in [6.07, 6.45) is 1.23. The van der Waals surface area contributed by atoms with Crippen molar-refractivity contribution in [3.63, 3.8) is 0 Å². The van der Waals surface area contributed by atoms with E-state index in [9.17, 15) is 14.4 Å². The average molecular weight is 367 g/mol. The number of carboxylic acids is 1. The lowest BCUT2D eigenvalue weighted by Gasteiger charge is -2.19. The highest BCUT2D eigenvalue weighted by Crippen LogP contribution is 2.37. The molecule has 22 heavy (non-hydrogen) atoms. The number of aliphatic carboxylic acids is 1. The maximum atomic E-state index is 12.5. The summed E-state index contributed by atoms with van der Waals surface area (Å²) in [5.74, 6) is -2.62. The lowest BCUT2D eigenvalue weighted by Crippen LogP contribution is -2.47. The molecule has 1 atom stereocenters. The molecule has 7 heteroatoms. The Hall–Kier alpha value is -1.89. The number of nitrogens with zero attached hydrogens (tertiary/aromatic N) is 1. The number of nitrogens with one attached hydrogen (secondary N) is 1. The standard InChI is InChI=1S/C15H15BrN2O4/c16-10-3-1-2-4-11(10)18-8-5-9(13(18)20)12(19)17-15(6-7-15)14(21)22/h1-4,9H,5-8H2,(H,17,19)(H,21,22)/t9-/m0/s1. The highest BCUT2D eigenvalue weighted by atomic mass is 79.9.